The van der Waals surface area contributed by atoms with E-state index in [9.17, 15) is 8.42 Å². The summed E-state index contributed by atoms with van der Waals surface area (Å²) in [6.07, 6.45) is 5.21. The largest absolute Gasteiger partial charge is 0.373 e. The summed E-state index contributed by atoms with van der Waals surface area (Å²) >= 11 is 0. The number of nitrogens with zero attached hydrogens (tertiary/aromatic N) is 2. The van der Waals surface area contributed by atoms with E-state index < -0.39 is 10.0 Å². The smallest absolute Gasteiger partial charge is 0.211 e. The number of halogens is 1. The molecule has 9 heteroatoms. The SMILES string of the molecule is CN=C(NC[C@H]1CCCN1S(C)(=O)=O)NCC1(C)CCCO1.I. The molecular formula is C14H29IN4O3S. The van der Waals surface area contributed by atoms with Crippen molar-refractivity contribution in [2.24, 2.45) is 4.99 Å². The average molecular weight is 460 g/mol. The van der Waals surface area contributed by atoms with E-state index in [-0.39, 0.29) is 35.6 Å². The molecule has 2 N–H and O–H groups in total. The topological polar surface area (TPSA) is 83.0 Å². The Balaban J connectivity index is 0.00000264. The molecule has 2 atom stereocenters. The molecule has 2 aliphatic heterocycles. The molecule has 0 aromatic heterocycles. The minimum absolute atomic E-state index is 0. The second-order valence-electron chi connectivity index (χ2n) is 6.38. The van der Waals surface area contributed by atoms with E-state index in [1.165, 1.54) is 6.26 Å². The zero-order valence-corrected chi connectivity index (χ0v) is 17.3. The fourth-order valence-corrected chi connectivity index (χ4v) is 4.31. The Morgan fingerprint density at radius 1 is 1.39 bits per heavy atom. The van der Waals surface area contributed by atoms with Crippen molar-refractivity contribution in [3.8, 4) is 0 Å². The van der Waals surface area contributed by atoms with Gasteiger partial charge in [0.15, 0.2) is 5.96 Å². The molecule has 0 aromatic rings. The lowest BCUT2D eigenvalue weighted by Gasteiger charge is -2.26. The van der Waals surface area contributed by atoms with Gasteiger partial charge in [-0.2, -0.15) is 4.31 Å². The van der Waals surface area contributed by atoms with E-state index in [0.717, 1.165) is 32.3 Å². The quantitative estimate of drug-likeness (QED) is 0.360. The van der Waals surface area contributed by atoms with Crippen LogP contribution in [0.25, 0.3) is 0 Å². The maximum Gasteiger partial charge on any atom is 0.211 e. The Morgan fingerprint density at radius 2 is 2.13 bits per heavy atom. The lowest BCUT2D eigenvalue weighted by atomic mass is 10.0. The summed E-state index contributed by atoms with van der Waals surface area (Å²) in [7, 11) is -1.41. The third-order valence-electron chi connectivity index (χ3n) is 4.41. The minimum atomic E-state index is -3.13. The number of aliphatic imine (C=N–C) groups is 1. The van der Waals surface area contributed by atoms with Crippen molar-refractivity contribution in [3.63, 3.8) is 0 Å². The number of hydrogen-bond acceptors (Lipinski definition) is 4. The molecule has 136 valence electrons. The van der Waals surface area contributed by atoms with Crippen molar-refractivity contribution in [2.45, 2.75) is 44.2 Å². The first-order valence-electron chi connectivity index (χ1n) is 7.89. The molecule has 0 aromatic carbocycles. The summed E-state index contributed by atoms with van der Waals surface area (Å²) < 4.78 is 30.8. The van der Waals surface area contributed by atoms with Crippen LogP contribution in [0, 0.1) is 0 Å². The highest BCUT2D eigenvalue weighted by Gasteiger charge is 2.32. The van der Waals surface area contributed by atoms with Crippen molar-refractivity contribution in [1.82, 2.24) is 14.9 Å². The van der Waals surface area contributed by atoms with Gasteiger partial charge in [-0.3, -0.25) is 4.99 Å². The van der Waals surface area contributed by atoms with Gasteiger partial charge in [-0.05, 0) is 32.6 Å². The predicted molar refractivity (Wildman–Crippen MR) is 103 cm³/mol. The molecule has 2 aliphatic rings. The second-order valence-corrected chi connectivity index (χ2v) is 8.31. The molecule has 0 amide bonds. The normalized spacial score (nSPS) is 29.3. The Bertz CT molecular complexity index is 506. The van der Waals surface area contributed by atoms with Crippen LogP contribution in [0.15, 0.2) is 4.99 Å². The molecule has 1 unspecified atom stereocenters. The van der Waals surface area contributed by atoms with Crippen LogP contribution >= 0.6 is 24.0 Å². The maximum atomic E-state index is 11.7. The van der Waals surface area contributed by atoms with E-state index in [1.807, 2.05) is 0 Å². The molecule has 23 heavy (non-hydrogen) atoms. The third-order valence-corrected chi connectivity index (χ3v) is 5.74. The Kier molecular flexibility index (Phi) is 8.02. The van der Waals surface area contributed by atoms with Crippen LogP contribution in [0.5, 0.6) is 0 Å². The number of rotatable bonds is 5. The van der Waals surface area contributed by atoms with Gasteiger partial charge in [-0.15, -0.1) is 24.0 Å². The summed E-state index contributed by atoms with van der Waals surface area (Å²) in [6, 6.07) is 0.00636. The van der Waals surface area contributed by atoms with E-state index in [4.69, 9.17) is 4.74 Å². The lowest BCUT2D eigenvalue weighted by molar-refractivity contribution is 0.0243. The lowest BCUT2D eigenvalue weighted by Crippen LogP contribution is -2.49. The summed E-state index contributed by atoms with van der Waals surface area (Å²) in [4.78, 5) is 4.20. The summed E-state index contributed by atoms with van der Waals surface area (Å²) in [5.74, 6) is 0.692. The molecule has 2 saturated heterocycles. The first-order valence-corrected chi connectivity index (χ1v) is 9.74. The van der Waals surface area contributed by atoms with Crippen LogP contribution in [0.2, 0.25) is 0 Å². The summed E-state index contributed by atoms with van der Waals surface area (Å²) in [5.41, 5.74) is -0.135. The molecule has 0 saturated carbocycles. The van der Waals surface area contributed by atoms with Gasteiger partial charge in [0.25, 0.3) is 0 Å². The molecule has 0 spiro atoms. The van der Waals surface area contributed by atoms with Gasteiger partial charge in [0.2, 0.25) is 10.0 Å². The third kappa shape index (κ3) is 6.02. The highest BCUT2D eigenvalue weighted by Crippen LogP contribution is 2.23. The highest BCUT2D eigenvalue weighted by atomic mass is 127. The molecule has 2 rings (SSSR count). The monoisotopic (exact) mass is 460 g/mol. The van der Waals surface area contributed by atoms with E-state index >= 15 is 0 Å². The molecule has 0 aliphatic carbocycles. The number of sulfonamides is 1. The molecule has 2 heterocycles. The predicted octanol–water partition coefficient (Wildman–Crippen LogP) is 0.762. The summed E-state index contributed by atoms with van der Waals surface area (Å²) in [6.45, 7) is 4.80. The van der Waals surface area contributed by atoms with Crippen LogP contribution < -0.4 is 10.6 Å². The van der Waals surface area contributed by atoms with Crippen LogP contribution in [0.3, 0.4) is 0 Å². The molecule has 0 bridgehead atoms. The first-order chi connectivity index (χ1) is 10.3. The van der Waals surface area contributed by atoms with Crippen LogP contribution in [0.1, 0.15) is 32.6 Å². The zero-order valence-electron chi connectivity index (χ0n) is 14.2. The highest BCUT2D eigenvalue weighted by molar-refractivity contribution is 14.0. The zero-order chi connectivity index (χ0) is 16.2. The number of guanidine groups is 1. The fraction of sp³-hybridized carbons (Fsp3) is 0.929. The van der Waals surface area contributed by atoms with Crippen molar-refractivity contribution in [3.05, 3.63) is 0 Å². The standard InChI is InChI=1S/C14H28N4O3S.HI/c1-14(7-5-9-21-14)11-17-13(15-2)16-10-12-6-4-8-18(12)22(3,19)20;/h12H,4-11H2,1-3H3,(H2,15,16,17);1H/t12-,14?;/m1./s1. The molecular weight excluding hydrogens is 431 g/mol. The number of nitrogens with one attached hydrogen (secondary N) is 2. The van der Waals surface area contributed by atoms with Gasteiger partial charge in [-0.1, -0.05) is 0 Å². The van der Waals surface area contributed by atoms with Crippen LogP contribution in [-0.2, 0) is 14.8 Å². The minimum Gasteiger partial charge on any atom is -0.373 e. The van der Waals surface area contributed by atoms with E-state index in [1.54, 1.807) is 11.4 Å². The average Bonchev–Trinajstić information content (AvgIpc) is 3.08. The van der Waals surface area contributed by atoms with Gasteiger partial charge in [0.05, 0.1) is 11.9 Å². The second kappa shape index (κ2) is 8.82. The van der Waals surface area contributed by atoms with Crippen molar-refractivity contribution < 1.29 is 13.2 Å². The molecule has 0 radical (unpaired) electrons. The van der Waals surface area contributed by atoms with E-state index in [0.29, 0.717) is 25.6 Å². The number of ether oxygens (including phenoxy) is 1. The Labute approximate surface area is 156 Å². The number of hydrogen-bond donors (Lipinski definition) is 2. The van der Waals surface area contributed by atoms with Crippen molar-refractivity contribution >= 4 is 40.0 Å². The first kappa shape index (κ1) is 20.9. The molecule has 7 nitrogen and oxygen atoms in total. The van der Waals surface area contributed by atoms with Gasteiger partial charge < -0.3 is 15.4 Å². The van der Waals surface area contributed by atoms with Crippen molar-refractivity contribution in [2.75, 3.05) is 39.5 Å². The van der Waals surface area contributed by atoms with Gasteiger partial charge >= 0.3 is 0 Å². The maximum absolute atomic E-state index is 11.7. The van der Waals surface area contributed by atoms with Crippen LogP contribution in [-0.4, -0.2) is 69.9 Å². The van der Waals surface area contributed by atoms with Crippen LogP contribution in [0.4, 0.5) is 0 Å². The fourth-order valence-electron chi connectivity index (χ4n) is 3.13. The summed E-state index contributed by atoms with van der Waals surface area (Å²) in [5, 5.41) is 6.51. The molecule has 2 fully saturated rings. The Morgan fingerprint density at radius 3 is 2.70 bits per heavy atom. The van der Waals surface area contributed by atoms with E-state index in [2.05, 4.69) is 22.5 Å². The van der Waals surface area contributed by atoms with Crippen molar-refractivity contribution in [1.29, 1.82) is 0 Å². The van der Waals surface area contributed by atoms with Gasteiger partial charge in [0, 0.05) is 39.3 Å². The van der Waals surface area contributed by atoms with Gasteiger partial charge in [0.1, 0.15) is 0 Å². The van der Waals surface area contributed by atoms with Gasteiger partial charge in [-0.25, -0.2) is 8.42 Å². The Hall–Kier alpha value is -0.130.